The molecule has 2 heterocycles. The summed E-state index contributed by atoms with van der Waals surface area (Å²) in [7, 11) is 0. The number of esters is 4. The van der Waals surface area contributed by atoms with Crippen molar-refractivity contribution in [3.63, 3.8) is 0 Å². The monoisotopic (exact) mass is 302 g/mol. The van der Waals surface area contributed by atoms with Crippen molar-refractivity contribution in [3.05, 3.63) is 0 Å². The maximum Gasteiger partial charge on any atom is 0.619 e. The highest BCUT2D eigenvalue weighted by molar-refractivity contribution is 5.82. The van der Waals surface area contributed by atoms with Crippen LogP contribution in [0.15, 0.2) is 0 Å². The van der Waals surface area contributed by atoms with Crippen LogP contribution in [0.1, 0.15) is 25.7 Å². The molecular formula is C11H14N2O8. The van der Waals surface area contributed by atoms with Gasteiger partial charge in [0, 0.05) is 12.8 Å². The number of hydrogen-bond donors (Lipinski definition) is 2. The van der Waals surface area contributed by atoms with Gasteiger partial charge < -0.3 is 30.4 Å². The summed E-state index contributed by atoms with van der Waals surface area (Å²) < 4.78 is 18.7. The van der Waals surface area contributed by atoms with Crippen molar-refractivity contribution in [3.8, 4) is 0 Å². The van der Waals surface area contributed by atoms with E-state index in [1.165, 1.54) is 0 Å². The Bertz CT molecular complexity index is 447. The van der Waals surface area contributed by atoms with Crippen LogP contribution in [0.25, 0.3) is 0 Å². The van der Waals surface area contributed by atoms with Crippen molar-refractivity contribution in [2.75, 3.05) is 0 Å². The summed E-state index contributed by atoms with van der Waals surface area (Å²) in [5.74, 6) is -3.91. The Kier molecular flexibility index (Phi) is 4.09. The summed E-state index contributed by atoms with van der Waals surface area (Å²) in [5.41, 5.74) is 11.0. The van der Waals surface area contributed by atoms with E-state index < -0.39 is 42.1 Å². The quantitative estimate of drug-likeness (QED) is 0.480. The molecule has 2 fully saturated rings. The van der Waals surface area contributed by atoms with Gasteiger partial charge >= 0.3 is 30.0 Å². The lowest BCUT2D eigenvalue weighted by molar-refractivity contribution is -0.435. The molecule has 1 spiro atoms. The summed E-state index contributed by atoms with van der Waals surface area (Å²) in [6.07, 6.45) is -3.42. The zero-order valence-electron chi connectivity index (χ0n) is 10.9. The Morgan fingerprint density at radius 2 is 1.14 bits per heavy atom. The van der Waals surface area contributed by atoms with Crippen LogP contribution in [0.3, 0.4) is 0 Å². The predicted molar refractivity (Wildman–Crippen MR) is 61.5 cm³/mol. The van der Waals surface area contributed by atoms with E-state index in [0.29, 0.717) is 0 Å². The zero-order valence-corrected chi connectivity index (χ0v) is 10.9. The molecule has 0 aliphatic carbocycles. The zero-order chi connectivity index (χ0) is 15.6. The first-order valence-electron chi connectivity index (χ1n) is 6.22. The lowest BCUT2D eigenvalue weighted by atomic mass is 10.1. The van der Waals surface area contributed by atoms with E-state index in [1.54, 1.807) is 0 Å². The van der Waals surface area contributed by atoms with Gasteiger partial charge in [-0.2, -0.15) is 0 Å². The number of carbonyl (C=O) groups excluding carboxylic acids is 4. The summed E-state index contributed by atoms with van der Waals surface area (Å²) in [5, 5.41) is 0. The molecule has 2 aliphatic heterocycles. The molecule has 10 heteroatoms. The minimum absolute atomic E-state index is 0.0187. The van der Waals surface area contributed by atoms with Gasteiger partial charge in [-0.25, -0.2) is 0 Å². The molecule has 21 heavy (non-hydrogen) atoms. The van der Waals surface area contributed by atoms with Gasteiger partial charge in [-0.15, -0.1) is 0 Å². The Morgan fingerprint density at radius 3 is 1.52 bits per heavy atom. The maximum absolute atomic E-state index is 11.7. The van der Waals surface area contributed by atoms with Gasteiger partial charge in [0.25, 0.3) is 0 Å². The Labute approximate surface area is 118 Å². The van der Waals surface area contributed by atoms with Gasteiger partial charge in [-0.05, 0) is 12.8 Å². The molecule has 2 rings (SSSR count). The Balaban J connectivity index is 2.31. The fourth-order valence-electron chi connectivity index (χ4n) is 1.69. The molecule has 0 saturated carbocycles. The average Bonchev–Trinajstić information content (AvgIpc) is 2.39. The normalized spacial score (nSPS) is 34.6. The third kappa shape index (κ3) is 3.47. The molecule has 0 aromatic heterocycles. The minimum atomic E-state index is -2.90. The number of ether oxygens (including phenoxy) is 4. The first-order valence-corrected chi connectivity index (χ1v) is 6.22. The van der Waals surface area contributed by atoms with Crippen molar-refractivity contribution >= 4 is 23.9 Å². The molecule has 4 N–H and O–H groups in total. The number of rotatable bonds is 0. The van der Waals surface area contributed by atoms with Crippen molar-refractivity contribution in [1.82, 2.24) is 0 Å². The Morgan fingerprint density at radius 1 is 0.762 bits per heavy atom. The van der Waals surface area contributed by atoms with Crippen molar-refractivity contribution in [1.29, 1.82) is 0 Å². The second-order valence-electron chi connectivity index (χ2n) is 4.58. The fraction of sp³-hybridized carbons (Fsp3) is 0.636. The van der Waals surface area contributed by atoms with Crippen LogP contribution in [0.5, 0.6) is 0 Å². The van der Waals surface area contributed by atoms with E-state index >= 15 is 0 Å². The molecule has 116 valence electrons. The van der Waals surface area contributed by atoms with Crippen molar-refractivity contribution in [2.24, 2.45) is 11.5 Å². The topological polar surface area (TPSA) is 157 Å². The highest BCUT2D eigenvalue weighted by Gasteiger charge is 2.53. The molecule has 2 aliphatic rings. The third-order valence-electron chi connectivity index (χ3n) is 2.85. The molecule has 0 amide bonds. The van der Waals surface area contributed by atoms with Crippen LogP contribution >= 0.6 is 0 Å². The van der Waals surface area contributed by atoms with E-state index in [-0.39, 0.29) is 25.7 Å². The second-order valence-corrected chi connectivity index (χ2v) is 4.58. The SMILES string of the molecule is N[C@@H]1CCC(=O)OC2(OC(=O)CC[C@H](N)C(=O)O2)OC1=O. The highest BCUT2D eigenvalue weighted by atomic mass is 17.0. The second kappa shape index (κ2) is 5.66. The number of hydrogen-bond acceptors (Lipinski definition) is 10. The van der Waals surface area contributed by atoms with E-state index in [4.69, 9.17) is 11.5 Å². The molecule has 2 saturated heterocycles. The van der Waals surface area contributed by atoms with Gasteiger partial charge in [-0.1, -0.05) is 0 Å². The smallest absolute Gasteiger partial charge is 0.352 e. The minimum Gasteiger partial charge on any atom is -0.352 e. The standard InChI is InChI=1S/C11H14N2O8/c12-5-1-3-7(14)18-11(20-9(5)16)19-8(15)4-2-6(13)10(17)21-11/h5-6H,1-4,12-13H2/t5-,6+,11?. The lowest BCUT2D eigenvalue weighted by Crippen LogP contribution is -2.55. The predicted octanol–water partition coefficient (Wildman–Crippen LogP) is -1.99. The van der Waals surface area contributed by atoms with E-state index in [1.807, 2.05) is 0 Å². The molecule has 1 unspecified atom stereocenters. The molecule has 0 radical (unpaired) electrons. The summed E-state index contributed by atoms with van der Waals surface area (Å²) >= 11 is 0. The average molecular weight is 302 g/mol. The molecule has 0 bridgehead atoms. The van der Waals surface area contributed by atoms with Gasteiger partial charge in [0.1, 0.15) is 12.1 Å². The first kappa shape index (κ1) is 15.2. The summed E-state index contributed by atoms with van der Waals surface area (Å²) in [4.78, 5) is 46.5. The van der Waals surface area contributed by atoms with Crippen LogP contribution in [-0.4, -0.2) is 42.1 Å². The van der Waals surface area contributed by atoms with Crippen molar-refractivity contribution in [2.45, 2.75) is 43.9 Å². The van der Waals surface area contributed by atoms with Crippen LogP contribution < -0.4 is 11.5 Å². The van der Waals surface area contributed by atoms with Crippen LogP contribution in [0.2, 0.25) is 0 Å². The fourth-order valence-corrected chi connectivity index (χ4v) is 1.69. The van der Waals surface area contributed by atoms with Crippen LogP contribution in [0, 0.1) is 0 Å². The number of carbonyl (C=O) groups is 4. The lowest BCUT2D eigenvalue weighted by Gasteiger charge is -2.33. The summed E-state index contributed by atoms with van der Waals surface area (Å²) in [6, 6.07) is -2.29. The third-order valence-corrected chi connectivity index (χ3v) is 2.85. The van der Waals surface area contributed by atoms with Gasteiger partial charge in [0.2, 0.25) is 0 Å². The van der Waals surface area contributed by atoms with Gasteiger partial charge in [-0.3, -0.25) is 19.2 Å². The Hall–Kier alpha value is -2.20. The molecule has 10 nitrogen and oxygen atoms in total. The summed E-state index contributed by atoms with van der Waals surface area (Å²) in [6.45, 7) is 0. The van der Waals surface area contributed by atoms with Crippen molar-refractivity contribution < 1.29 is 38.1 Å². The van der Waals surface area contributed by atoms with Gasteiger partial charge in [0.15, 0.2) is 0 Å². The molecule has 0 aromatic rings. The molecule has 0 aromatic carbocycles. The highest BCUT2D eigenvalue weighted by Crippen LogP contribution is 2.26. The van der Waals surface area contributed by atoms with E-state index in [9.17, 15) is 19.2 Å². The largest absolute Gasteiger partial charge is 0.619 e. The first-order chi connectivity index (χ1) is 9.81. The maximum atomic E-state index is 11.7. The van der Waals surface area contributed by atoms with Gasteiger partial charge in [0.05, 0.1) is 0 Å². The van der Waals surface area contributed by atoms with E-state index in [0.717, 1.165) is 0 Å². The van der Waals surface area contributed by atoms with Crippen LogP contribution in [0.4, 0.5) is 0 Å². The van der Waals surface area contributed by atoms with E-state index in [2.05, 4.69) is 18.9 Å². The van der Waals surface area contributed by atoms with Crippen LogP contribution in [-0.2, 0) is 38.1 Å². The molecular weight excluding hydrogens is 288 g/mol. The number of nitrogens with two attached hydrogens (primary N) is 2. The molecule has 3 atom stereocenters.